The third-order valence-corrected chi connectivity index (χ3v) is 3.18. The number of carbonyl (C=O) groups excluding carboxylic acids is 1. The van der Waals surface area contributed by atoms with Gasteiger partial charge in [-0.25, -0.2) is 4.79 Å². The lowest BCUT2D eigenvalue weighted by Crippen LogP contribution is -2.25. The molecular weight excluding hydrogens is 268 g/mol. The Kier molecular flexibility index (Phi) is 3.66. The monoisotopic (exact) mass is 280 g/mol. The van der Waals surface area contributed by atoms with Crippen molar-refractivity contribution < 1.29 is 24.7 Å². The van der Waals surface area contributed by atoms with Gasteiger partial charge in [0.2, 0.25) is 5.91 Å². The first-order valence-electron chi connectivity index (χ1n) is 5.87. The number of nitrogens with zero attached hydrogens (tertiary/aromatic N) is 2. The van der Waals surface area contributed by atoms with Crippen LogP contribution in [0.3, 0.4) is 0 Å². The van der Waals surface area contributed by atoms with E-state index in [1.54, 1.807) is 0 Å². The van der Waals surface area contributed by atoms with Gasteiger partial charge in [0.25, 0.3) is 5.69 Å². The highest BCUT2D eigenvalue weighted by Gasteiger charge is 2.31. The Bertz CT molecular complexity index is 585. The highest BCUT2D eigenvalue weighted by Crippen LogP contribution is 2.30. The van der Waals surface area contributed by atoms with Gasteiger partial charge in [0, 0.05) is 31.6 Å². The average Bonchev–Trinajstić information content (AvgIpc) is 2.79. The fourth-order valence-electron chi connectivity index (χ4n) is 2.17. The maximum atomic E-state index is 11.8. The van der Waals surface area contributed by atoms with Crippen LogP contribution < -0.4 is 4.90 Å². The molecule has 0 radical (unpaired) electrons. The second-order valence-corrected chi connectivity index (χ2v) is 4.52. The van der Waals surface area contributed by atoms with Crippen LogP contribution in [-0.2, 0) is 4.79 Å². The Balaban J connectivity index is 2.39. The van der Waals surface area contributed by atoms with E-state index in [9.17, 15) is 19.7 Å². The van der Waals surface area contributed by atoms with E-state index in [2.05, 4.69) is 0 Å². The summed E-state index contributed by atoms with van der Waals surface area (Å²) in [6.07, 6.45) is 0.172. The minimum atomic E-state index is -1.40. The van der Waals surface area contributed by atoms with Gasteiger partial charge in [-0.2, -0.15) is 0 Å². The van der Waals surface area contributed by atoms with Crippen LogP contribution in [0.5, 0.6) is 0 Å². The van der Waals surface area contributed by atoms with Crippen molar-refractivity contribution in [3.05, 3.63) is 33.9 Å². The Morgan fingerprint density at radius 1 is 1.50 bits per heavy atom. The predicted octanol–water partition coefficient (Wildman–Crippen LogP) is 0.638. The van der Waals surface area contributed by atoms with E-state index in [1.807, 2.05) is 0 Å². The van der Waals surface area contributed by atoms with Crippen LogP contribution in [-0.4, -0.2) is 40.2 Å². The van der Waals surface area contributed by atoms with Crippen LogP contribution in [0.2, 0.25) is 0 Å². The van der Waals surface area contributed by atoms with Crippen LogP contribution in [0.15, 0.2) is 18.2 Å². The van der Waals surface area contributed by atoms with Crippen molar-refractivity contribution in [1.29, 1.82) is 0 Å². The largest absolute Gasteiger partial charge is 0.477 e. The number of carbonyl (C=O) groups is 2. The number of rotatable bonds is 4. The van der Waals surface area contributed by atoms with Crippen LogP contribution in [0.1, 0.15) is 16.8 Å². The summed E-state index contributed by atoms with van der Waals surface area (Å²) in [6.45, 7) is 0.121. The number of aliphatic hydroxyl groups excluding tert-OH is 1. The molecule has 1 amide bonds. The molecule has 1 aliphatic rings. The highest BCUT2D eigenvalue weighted by atomic mass is 16.6. The molecule has 20 heavy (non-hydrogen) atoms. The van der Waals surface area contributed by atoms with Gasteiger partial charge >= 0.3 is 5.97 Å². The molecule has 1 aromatic rings. The number of hydrogen-bond donors (Lipinski definition) is 2. The van der Waals surface area contributed by atoms with Crippen LogP contribution in [0.4, 0.5) is 11.4 Å². The molecular formula is C12H12N2O6. The molecule has 106 valence electrons. The molecule has 0 aliphatic carbocycles. The minimum Gasteiger partial charge on any atom is -0.477 e. The zero-order valence-electron chi connectivity index (χ0n) is 10.4. The minimum absolute atomic E-state index is 0.141. The molecule has 1 heterocycles. The summed E-state index contributed by atoms with van der Waals surface area (Å²) >= 11 is 0. The predicted molar refractivity (Wildman–Crippen MR) is 67.6 cm³/mol. The summed E-state index contributed by atoms with van der Waals surface area (Å²) in [4.78, 5) is 34.1. The van der Waals surface area contributed by atoms with E-state index >= 15 is 0 Å². The maximum absolute atomic E-state index is 11.8. The van der Waals surface area contributed by atoms with Gasteiger partial charge in [0.15, 0.2) is 0 Å². The van der Waals surface area contributed by atoms with Gasteiger partial charge in [0.1, 0.15) is 5.56 Å². The smallest absolute Gasteiger partial charge is 0.342 e. The molecule has 1 aromatic carbocycles. The number of benzene rings is 1. The van der Waals surface area contributed by atoms with E-state index in [0.29, 0.717) is 0 Å². The van der Waals surface area contributed by atoms with Gasteiger partial charge in [-0.1, -0.05) is 0 Å². The first-order chi connectivity index (χ1) is 9.43. The van der Waals surface area contributed by atoms with Crippen LogP contribution in [0.25, 0.3) is 0 Å². The van der Waals surface area contributed by atoms with E-state index < -0.39 is 22.1 Å². The van der Waals surface area contributed by atoms with Gasteiger partial charge in [-0.3, -0.25) is 14.9 Å². The molecule has 2 rings (SSSR count). The number of amides is 1. The van der Waals surface area contributed by atoms with Gasteiger partial charge in [-0.15, -0.1) is 0 Å². The lowest BCUT2D eigenvalue weighted by atomic mass is 10.1. The molecule has 1 fully saturated rings. The summed E-state index contributed by atoms with van der Waals surface area (Å²) in [7, 11) is 0. The lowest BCUT2D eigenvalue weighted by Gasteiger charge is -2.16. The molecule has 1 aliphatic heterocycles. The standard InChI is InChI=1S/C12H12N2O6/c15-6-7-3-11(16)13(5-7)8-1-2-9(12(17)18)10(4-8)14(19)20/h1-2,4,7,15H,3,5-6H2,(H,17,18). The van der Waals surface area contributed by atoms with Crippen LogP contribution >= 0.6 is 0 Å². The average molecular weight is 280 g/mol. The van der Waals surface area contributed by atoms with E-state index in [1.165, 1.54) is 11.0 Å². The SMILES string of the molecule is O=C(O)c1ccc(N2CC(CO)CC2=O)cc1[N+](=O)[O-]. The number of anilines is 1. The maximum Gasteiger partial charge on any atom is 0.342 e. The number of carboxylic acids is 1. The number of carboxylic acid groups (broad SMARTS) is 1. The Morgan fingerprint density at radius 2 is 2.20 bits per heavy atom. The highest BCUT2D eigenvalue weighted by molar-refractivity contribution is 5.98. The Morgan fingerprint density at radius 3 is 2.70 bits per heavy atom. The molecule has 0 aromatic heterocycles. The summed E-state index contributed by atoms with van der Waals surface area (Å²) in [5.74, 6) is -1.86. The van der Waals surface area contributed by atoms with Crippen molar-refractivity contribution in [2.45, 2.75) is 6.42 Å². The first kappa shape index (κ1) is 13.9. The number of aliphatic hydroxyl groups is 1. The fraction of sp³-hybridized carbons (Fsp3) is 0.333. The van der Waals surface area contributed by atoms with Crippen molar-refractivity contribution >= 4 is 23.3 Å². The zero-order chi connectivity index (χ0) is 14.9. The normalized spacial score (nSPS) is 18.4. The van der Waals surface area contributed by atoms with E-state index in [0.717, 1.165) is 12.1 Å². The number of aromatic carboxylic acids is 1. The Hall–Kier alpha value is -2.48. The van der Waals surface area contributed by atoms with E-state index in [-0.39, 0.29) is 37.1 Å². The van der Waals surface area contributed by atoms with Crippen molar-refractivity contribution in [2.24, 2.45) is 5.92 Å². The zero-order valence-corrected chi connectivity index (χ0v) is 10.4. The first-order valence-corrected chi connectivity index (χ1v) is 5.87. The molecule has 0 spiro atoms. The summed E-state index contributed by atoms with van der Waals surface area (Å²) in [5, 5.41) is 28.8. The third-order valence-electron chi connectivity index (χ3n) is 3.18. The summed E-state index contributed by atoms with van der Waals surface area (Å²) in [6, 6.07) is 3.53. The molecule has 1 atom stereocenters. The van der Waals surface area contributed by atoms with Gasteiger partial charge < -0.3 is 15.1 Å². The molecule has 8 heteroatoms. The fourth-order valence-corrected chi connectivity index (χ4v) is 2.17. The number of hydrogen-bond acceptors (Lipinski definition) is 5. The molecule has 0 saturated carbocycles. The summed E-state index contributed by atoms with van der Waals surface area (Å²) in [5.41, 5.74) is -0.720. The van der Waals surface area contributed by atoms with Gasteiger partial charge in [-0.05, 0) is 12.1 Å². The molecule has 8 nitrogen and oxygen atoms in total. The van der Waals surface area contributed by atoms with E-state index in [4.69, 9.17) is 10.2 Å². The number of nitro benzene ring substituents is 1. The van der Waals surface area contributed by atoms with Crippen molar-refractivity contribution in [1.82, 2.24) is 0 Å². The van der Waals surface area contributed by atoms with Gasteiger partial charge in [0.05, 0.1) is 10.6 Å². The molecule has 1 saturated heterocycles. The molecule has 0 bridgehead atoms. The van der Waals surface area contributed by atoms with Crippen molar-refractivity contribution in [3.63, 3.8) is 0 Å². The molecule has 2 N–H and O–H groups in total. The molecule has 1 unspecified atom stereocenters. The van der Waals surface area contributed by atoms with Crippen molar-refractivity contribution in [3.8, 4) is 0 Å². The lowest BCUT2D eigenvalue weighted by molar-refractivity contribution is -0.385. The quantitative estimate of drug-likeness (QED) is 0.616. The topological polar surface area (TPSA) is 121 Å². The second kappa shape index (κ2) is 5.25. The Labute approximate surface area is 113 Å². The number of nitro groups is 1. The van der Waals surface area contributed by atoms with Crippen LogP contribution in [0, 0.1) is 16.0 Å². The summed E-state index contributed by atoms with van der Waals surface area (Å²) < 4.78 is 0. The van der Waals surface area contributed by atoms with Crippen molar-refractivity contribution in [2.75, 3.05) is 18.1 Å². The second-order valence-electron chi connectivity index (χ2n) is 4.52. The third kappa shape index (κ3) is 2.45.